The lowest BCUT2D eigenvalue weighted by Gasteiger charge is -2.06. The van der Waals surface area contributed by atoms with Gasteiger partial charge in [0.05, 0.1) is 28.8 Å². The molecule has 3 N–H and O–H groups in total. The molecule has 0 saturated heterocycles. The number of benzene rings is 1. The zero-order valence-corrected chi connectivity index (χ0v) is 10.3. The van der Waals surface area contributed by atoms with E-state index in [4.69, 9.17) is 33.8 Å². The van der Waals surface area contributed by atoms with Gasteiger partial charge < -0.3 is 5.73 Å². The fourth-order valence-corrected chi connectivity index (χ4v) is 1.90. The van der Waals surface area contributed by atoms with Crippen LogP contribution in [0.15, 0.2) is 23.8 Å². The average Bonchev–Trinajstić information content (AvgIpc) is 2.69. The maximum atomic E-state index is 10.9. The summed E-state index contributed by atoms with van der Waals surface area (Å²) in [5, 5.41) is 0.926. The number of nitrogens with one attached hydrogen (secondary N) is 1. The van der Waals surface area contributed by atoms with Crippen LogP contribution in [0.2, 0.25) is 10.0 Å². The zero-order valence-electron chi connectivity index (χ0n) is 8.80. The number of hydroxylamine groups is 1. The summed E-state index contributed by atoms with van der Waals surface area (Å²) in [7, 11) is 0. The van der Waals surface area contributed by atoms with E-state index in [0.29, 0.717) is 16.7 Å². The molecule has 6 heteroatoms. The van der Waals surface area contributed by atoms with Gasteiger partial charge >= 0.3 is 0 Å². The topological polar surface area (TPSA) is 64.4 Å². The van der Waals surface area contributed by atoms with Crippen molar-refractivity contribution in [2.45, 2.75) is 6.42 Å². The second-order valence-corrected chi connectivity index (χ2v) is 4.46. The number of primary amides is 1. The van der Waals surface area contributed by atoms with Crippen molar-refractivity contribution in [3.8, 4) is 0 Å². The van der Waals surface area contributed by atoms with E-state index < -0.39 is 5.91 Å². The molecule has 1 amide bonds. The fourth-order valence-electron chi connectivity index (χ4n) is 1.60. The van der Waals surface area contributed by atoms with Crippen molar-refractivity contribution in [3.63, 3.8) is 0 Å². The minimum atomic E-state index is -0.398. The summed E-state index contributed by atoms with van der Waals surface area (Å²) in [5.74, 6) is -0.398. The van der Waals surface area contributed by atoms with Crippen LogP contribution in [0.4, 0.5) is 0 Å². The molecule has 0 unspecified atom stereocenters. The van der Waals surface area contributed by atoms with Gasteiger partial charge in [0, 0.05) is 5.56 Å². The smallest absolute Gasteiger partial charge is 0.221 e. The monoisotopic (exact) mass is 272 g/mol. The molecule has 1 aromatic rings. The van der Waals surface area contributed by atoms with Crippen molar-refractivity contribution in [1.82, 2.24) is 5.48 Å². The molecule has 0 aliphatic carbocycles. The lowest BCUT2D eigenvalue weighted by Crippen LogP contribution is -2.12. The van der Waals surface area contributed by atoms with Crippen LogP contribution in [-0.2, 0) is 9.63 Å². The molecule has 0 aromatic heterocycles. The molecule has 1 aromatic carbocycles. The minimum Gasteiger partial charge on any atom is -0.369 e. The molecule has 1 heterocycles. The van der Waals surface area contributed by atoms with Crippen LogP contribution < -0.4 is 11.2 Å². The van der Waals surface area contributed by atoms with Crippen molar-refractivity contribution >= 4 is 34.8 Å². The third kappa shape index (κ3) is 2.72. The molecule has 0 saturated carbocycles. The van der Waals surface area contributed by atoms with Crippen molar-refractivity contribution in [2.75, 3.05) is 6.61 Å². The second kappa shape index (κ2) is 4.96. The highest BCUT2D eigenvalue weighted by Gasteiger charge is 2.18. The maximum Gasteiger partial charge on any atom is 0.221 e. The zero-order chi connectivity index (χ0) is 12.4. The molecule has 0 fully saturated rings. The molecule has 90 valence electrons. The van der Waals surface area contributed by atoms with Crippen LogP contribution in [0.25, 0.3) is 5.70 Å². The Morgan fingerprint density at radius 2 is 2.18 bits per heavy atom. The number of hydrogen-bond donors (Lipinski definition) is 2. The number of hydrogen-bond acceptors (Lipinski definition) is 3. The summed E-state index contributed by atoms with van der Waals surface area (Å²) >= 11 is 11.8. The second-order valence-electron chi connectivity index (χ2n) is 3.64. The van der Waals surface area contributed by atoms with Gasteiger partial charge in [0.1, 0.15) is 0 Å². The lowest BCUT2D eigenvalue weighted by atomic mass is 10.1. The van der Waals surface area contributed by atoms with E-state index in [-0.39, 0.29) is 6.42 Å². The summed E-state index contributed by atoms with van der Waals surface area (Å²) in [5.41, 5.74) is 10.2. The number of amides is 1. The summed E-state index contributed by atoms with van der Waals surface area (Å²) in [6.45, 7) is 0.332. The van der Waals surface area contributed by atoms with Gasteiger partial charge in [-0.15, -0.1) is 0 Å². The molecule has 4 nitrogen and oxygen atoms in total. The largest absolute Gasteiger partial charge is 0.369 e. The number of carbonyl (C=O) groups excluding carboxylic acids is 1. The number of rotatable bonds is 3. The fraction of sp³-hybridized carbons (Fsp3) is 0.182. The van der Waals surface area contributed by atoms with Crippen LogP contribution in [0, 0.1) is 0 Å². The van der Waals surface area contributed by atoms with Crippen molar-refractivity contribution in [3.05, 3.63) is 39.4 Å². The van der Waals surface area contributed by atoms with Gasteiger partial charge in [-0.05, 0) is 17.7 Å². The summed E-state index contributed by atoms with van der Waals surface area (Å²) in [4.78, 5) is 16.0. The Bertz CT molecular complexity index is 500. The van der Waals surface area contributed by atoms with Gasteiger partial charge in [0.15, 0.2) is 0 Å². The first-order chi connectivity index (χ1) is 8.08. The van der Waals surface area contributed by atoms with Gasteiger partial charge in [-0.2, -0.15) is 0 Å². The Morgan fingerprint density at radius 1 is 1.41 bits per heavy atom. The minimum absolute atomic E-state index is 0.155. The van der Waals surface area contributed by atoms with Crippen LogP contribution in [0.3, 0.4) is 0 Å². The summed E-state index contributed by atoms with van der Waals surface area (Å²) in [6.07, 6.45) is 0.155. The Kier molecular flexibility index (Phi) is 3.57. The summed E-state index contributed by atoms with van der Waals surface area (Å²) < 4.78 is 0. The standard InChI is InChI=1S/C11H10Cl2N2O2/c12-8-2-1-6(3-9(8)13)11-7(4-10(14)16)5-17-15-11/h1-3,15H,4-5H2,(H2,14,16). The van der Waals surface area contributed by atoms with Crippen molar-refractivity contribution < 1.29 is 9.63 Å². The van der Waals surface area contributed by atoms with Crippen molar-refractivity contribution in [1.29, 1.82) is 0 Å². The first-order valence-electron chi connectivity index (χ1n) is 4.91. The summed E-state index contributed by atoms with van der Waals surface area (Å²) in [6, 6.07) is 5.20. The van der Waals surface area contributed by atoms with E-state index >= 15 is 0 Å². The molecule has 1 aliphatic heterocycles. The average molecular weight is 273 g/mol. The van der Waals surface area contributed by atoms with Crippen LogP contribution in [0.5, 0.6) is 0 Å². The molecule has 2 rings (SSSR count). The van der Waals surface area contributed by atoms with E-state index in [0.717, 1.165) is 16.8 Å². The van der Waals surface area contributed by atoms with E-state index in [1.54, 1.807) is 18.2 Å². The van der Waals surface area contributed by atoms with Gasteiger partial charge in [0.2, 0.25) is 5.91 Å². The third-order valence-corrected chi connectivity index (χ3v) is 3.11. The number of carbonyl (C=O) groups is 1. The van der Waals surface area contributed by atoms with Crippen molar-refractivity contribution in [2.24, 2.45) is 5.73 Å². The van der Waals surface area contributed by atoms with Gasteiger partial charge in [0.25, 0.3) is 0 Å². The highest BCUT2D eigenvalue weighted by atomic mass is 35.5. The van der Waals surface area contributed by atoms with Gasteiger partial charge in [-0.3, -0.25) is 15.1 Å². The highest BCUT2D eigenvalue weighted by Crippen LogP contribution is 2.29. The highest BCUT2D eigenvalue weighted by molar-refractivity contribution is 6.42. The SMILES string of the molecule is NC(=O)CC1=C(c2ccc(Cl)c(Cl)c2)NOC1. The normalized spacial score (nSPS) is 14.9. The Labute approximate surface area is 108 Å². The van der Waals surface area contributed by atoms with E-state index in [9.17, 15) is 4.79 Å². The molecular weight excluding hydrogens is 263 g/mol. The third-order valence-electron chi connectivity index (χ3n) is 2.37. The molecule has 0 spiro atoms. The van der Waals surface area contributed by atoms with Crippen LogP contribution in [0.1, 0.15) is 12.0 Å². The molecule has 1 aliphatic rings. The Balaban J connectivity index is 2.36. The van der Waals surface area contributed by atoms with Crippen LogP contribution in [-0.4, -0.2) is 12.5 Å². The molecular formula is C11H10Cl2N2O2. The number of nitrogens with two attached hydrogens (primary N) is 1. The Morgan fingerprint density at radius 3 is 2.82 bits per heavy atom. The van der Waals surface area contributed by atoms with E-state index in [1.165, 1.54) is 0 Å². The molecule has 17 heavy (non-hydrogen) atoms. The molecule has 0 bridgehead atoms. The van der Waals surface area contributed by atoms with E-state index in [1.807, 2.05) is 0 Å². The number of halogens is 2. The van der Waals surface area contributed by atoms with Gasteiger partial charge in [-0.25, -0.2) is 0 Å². The van der Waals surface area contributed by atoms with E-state index in [2.05, 4.69) is 5.48 Å². The van der Waals surface area contributed by atoms with Crippen LogP contribution >= 0.6 is 23.2 Å². The first-order valence-corrected chi connectivity index (χ1v) is 5.67. The maximum absolute atomic E-state index is 10.9. The first kappa shape index (κ1) is 12.2. The lowest BCUT2D eigenvalue weighted by molar-refractivity contribution is -0.117. The Hall–Kier alpha value is -1.23. The molecule has 0 atom stereocenters. The molecule has 0 radical (unpaired) electrons. The predicted molar refractivity (Wildman–Crippen MR) is 66.3 cm³/mol. The van der Waals surface area contributed by atoms with Gasteiger partial charge in [-0.1, -0.05) is 29.3 Å². The quantitative estimate of drug-likeness (QED) is 0.886. The predicted octanol–water partition coefficient (Wildman–Crippen LogP) is 2.11.